The van der Waals surface area contributed by atoms with E-state index in [1.807, 2.05) is 50.2 Å². The summed E-state index contributed by atoms with van der Waals surface area (Å²) in [6.07, 6.45) is 2.69. The van der Waals surface area contributed by atoms with Gasteiger partial charge in [-0.05, 0) is 65.9 Å². The second kappa shape index (κ2) is 11.3. The van der Waals surface area contributed by atoms with Crippen molar-refractivity contribution in [2.24, 2.45) is 5.16 Å². The molecule has 0 fully saturated rings. The Kier molecular flexibility index (Phi) is 7.97. The molecule has 0 aliphatic heterocycles. The van der Waals surface area contributed by atoms with Crippen molar-refractivity contribution in [1.82, 2.24) is 4.98 Å². The van der Waals surface area contributed by atoms with Crippen molar-refractivity contribution in [3.63, 3.8) is 0 Å². The van der Waals surface area contributed by atoms with Gasteiger partial charge < -0.3 is 5.21 Å². The minimum absolute atomic E-state index is 0.00670. The molecule has 0 amide bonds. The molecule has 0 radical (unpaired) electrons. The molecule has 1 N–H and O–H groups in total. The summed E-state index contributed by atoms with van der Waals surface area (Å²) < 4.78 is 0. The first-order chi connectivity index (χ1) is 17.4. The van der Waals surface area contributed by atoms with Crippen molar-refractivity contribution < 1.29 is 10.0 Å². The van der Waals surface area contributed by atoms with Crippen LogP contribution >= 0.6 is 11.6 Å². The monoisotopic (exact) mass is 496 g/mol. The maximum absolute atomic E-state index is 12.1. The second-order valence-electron chi connectivity index (χ2n) is 8.94. The molecule has 4 nitrogen and oxygen atoms in total. The Morgan fingerprint density at radius 1 is 0.972 bits per heavy atom. The smallest absolute Gasteiger partial charge is 0.164 e. The molecule has 0 saturated carbocycles. The fraction of sp³-hybridized carbons (Fsp3) is 0.194. The summed E-state index contributed by atoms with van der Waals surface area (Å²) in [4.78, 5) is 16.3. The van der Waals surface area contributed by atoms with Gasteiger partial charge in [0.25, 0.3) is 0 Å². The summed E-state index contributed by atoms with van der Waals surface area (Å²) in [7, 11) is 0. The molecular formula is C31H29ClN2O2. The van der Waals surface area contributed by atoms with E-state index in [0.29, 0.717) is 29.1 Å². The normalized spacial score (nSPS) is 12.4. The van der Waals surface area contributed by atoms with E-state index < -0.39 is 0 Å². The van der Waals surface area contributed by atoms with E-state index in [0.717, 1.165) is 27.9 Å². The SMILES string of the molecule is CCC(=O)c1ccc(-c2ccc(C(C/C(=N\O)c3ccnc(C)c3)c3ccccc3C)cc2)cc1Cl. The Balaban J connectivity index is 1.70. The number of nitrogens with zero attached hydrogens (tertiary/aromatic N) is 2. The van der Waals surface area contributed by atoms with E-state index in [1.54, 1.807) is 12.3 Å². The van der Waals surface area contributed by atoms with Gasteiger partial charge in [-0.2, -0.15) is 0 Å². The molecule has 5 heteroatoms. The van der Waals surface area contributed by atoms with Crippen LogP contribution in [-0.2, 0) is 0 Å². The Hall–Kier alpha value is -3.76. The van der Waals surface area contributed by atoms with Gasteiger partial charge in [-0.1, -0.05) is 78.3 Å². The van der Waals surface area contributed by atoms with Crippen LogP contribution in [0, 0.1) is 13.8 Å². The van der Waals surface area contributed by atoms with E-state index in [4.69, 9.17) is 11.6 Å². The number of Topliss-reactive ketones (excluding diaryl/α,β-unsaturated/α-hetero) is 1. The molecule has 0 aliphatic rings. The molecule has 4 rings (SSSR count). The molecule has 1 aromatic heterocycles. The maximum atomic E-state index is 12.1. The van der Waals surface area contributed by atoms with Crippen LogP contribution in [0.15, 0.2) is 90.2 Å². The average molecular weight is 497 g/mol. The van der Waals surface area contributed by atoms with Crippen molar-refractivity contribution >= 4 is 23.1 Å². The first-order valence-corrected chi connectivity index (χ1v) is 12.4. The van der Waals surface area contributed by atoms with Gasteiger partial charge in [0.1, 0.15) is 0 Å². The summed E-state index contributed by atoms with van der Waals surface area (Å²) in [5, 5.41) is 14.1. The minimum Gasteiger partial charge on any atom is -0.411 e. The quantitative estimate of drug-likeness (QED) is 0.116. The number of hydrogen-bond acceptors (Lipinski definition) is 4. The van der Waals surface area contributed by atoms with Crippen molar-refractivity contribution in [2.45, 2.75) is 39.5 Å². The summed E-state index contributed by atoms with van der Waals surface area (Å²) in [6.45, 7) is 5.86. The van der Waals surface area contributed by atoms with Gasteiger partial charge in [-0.15, -0.1) is 0 Å². The molecule has 0 aliphatic carbocycles. The third-order valence-electron chi connectivity index (χ3n) is 6.55. The van der Waals surface area contributed by atoms with Gasteiger partial charge in [0.2, 0.25) is 0 Å². The van der Waals surface area contributed by atoms with Crippen molar-refractivity contribution in [3.05, 3.63) is 124 Å². The third-order valence-corrected chi connectivity index (χ3v) is 6.86. The van der Waals surface area contributed by atoms with Crippen LogP contribution < -0.4 is 0 Å². The van der Waals surface area contributed by atoms with Gasteiger partial charge in [0.05, 0.1) is 10.7 Å². The molecule has 36 heavy (non-hydrogen) atoms. The molecule has 182 valence electrons. The highest BCUT2D eigenvalue weighted by Gasteiger charge is 2.21. The molecule has 0 spiro atoms. The average Bonchev–Trinajstić information content (AvgIpc) is 2.90. The lowest BCUT2D eigenvalue weighted by Crippen LogP contribution is -2.12. The van der Waals surface area contributed by atoms with E-state index in [-0.39, 0.29) is 11.7 Å². The van der Waals surface area contributed by atoms with Crippen LogP contribution in [-0.4, -0.2) is 21.7 Å². The standard InChI is InChI=1S/C31H29ClN2O2/c1-4-31(35)27-14-13-24(18-29(27)32)22-9-11-23(12-10-22)28(26-8-6-5-7-20(26)2)19-30(34-36)25-15-16-33-21(3)17-25/h5-18,28,36H,4,19H2,1-3H3/b34-30+. The van der Waals surface area contributed by atoms with E-state index >= 15 is 0 Å². The molecule has 1 heterocycles. The highest BCUT2D eigenvalue weighted by molar-refractivity contribution is 6.34. The summed E-state index contributed by atoms with van der Waals surface area (Å²) in [5.41, 5.74) is 8.34. The molecule has 4 aromatic rings. The Morgan fingerprint density at radius 3 is 2.33 bits per heavy atom. The number of aryl methyl sites for hydroxylation is 2. The number of halogens is 1. The van der Waals surface area contributed by atoms with Crippen molar-refractivity contribution in [3.8, 4) is 11.1 Å². The summed E-state index contributed by atoms with van der Waals surface area (Å²) in [5.74, 6) is 0.0291. The van der Waals surface area contributed by atoms with Crippen molar-refractivity contribution in [1.29, 1.82) is 0 Å². The Labute approximate surface area is 217 Å². The first kappa shape index (κ1) is 25.3. The number of carbonyl (C=O) groups excluding carboxylic acids is 1. The topological polar surface area (TPSA) is 62.5 Å². The van der Waals surface area contributed by atoms with E-state index in [2.05, 4.69) is 53.5 Å². The molecule has 0 saturated heterocycles. The zero-order valence-corrected chi connectivity index (χ0v) is 21.5. The van der Waals surface area contributed by atoms with Crippen LogP contribution in [0.3, 0.4) is 0 Å². The van der Waals surface area contributed by atoms with Gasteiger partial charge in [-0.3, -0.25) is 9.78 Å². The fourth-order valence-corrected chi connectivity index (χ4v) is 4.83. The Bertz CT molecular complexity index is 1410. The molecular weight excluding hydrogens is 468 g/mol. The van der Waals surface area contributed by atoms with Crippen LogP contribution in [0.1, 0.15) is 64.0 Å². The number of pyridine rings is 1. The fourth-order valence-electron chi connectivity index (χ4n) is 4.54. The predicted octanol–water partition coefficient (Wildman–Crippen LogP) is 8.01. The number of benzene rings is 3. The van der Waals surface area contributed by atoms with Gasteiger partial charge in [-0.25, -0.2) is 0 Å². The zero-order valence-electron chi connectivity index (χ0n) is 20.7. The Morgan fingerprint density at radius 2 is 1.69 bits per heavy atom. The minimum atomic E-state index is -0.00670. The number of rotatable bonds is 8. The number of aromatic nitrogens is 1. The third kappa shape index (κ3) is 5.55. The molecule has 1 unspecified atom stereocenters. The molecule has 3 aromatic carbocycles. The lowest BCUT2D eigenvalue weighted by molar-refractivity contribution is 0.0988. The number of oxime groups is 1. The zero-order chi connectivity index (χ0) is 25.7. The van der Waals surface area contributed by atoms with Gasteiger partial charge in [0, 0.05) is 41.8 Å². The summed E-state index contributed by atoms with van der Waals surface area (Å²) >= 11 is 6.41. The predicted molar refractivity (Wildman–Crippen MR) is 146 cm³/mol. The van der Waals surface area contributed by atoms with Crippen molar-refractivity contribution in [2.75, 3.05) is 0 Å². The van der Waals surface area contributed by atoms with E-state index in [9.17, 15) is 10.0 Å². The lowest BCUT2D eigenvalue weighted by Gasteiger charge is -2.21. The van der Waals surface area contributed by atoms with E-state index in [1.165, 1.54) is 11.1 Å². The van der Waals surface area contributed by atoms with Crippen LogP contribution in [0.5, 0.6) is 0 Å². The van der Waals surface area contributed by atoms with Crippen LogP contribution in [0.25, 0.3) is 11.1 Å². The largest absolute Gasteiger partial charge is 0.411 e. The maximum Gasteiger partial charge on any atom is 0.164 e. The summed E-state index contributed by atoms with van der Waals surface area (Å²) in [6, 6.07) is 26.0. The lowest BCUT2D eigenvalue weighted by atomic mass is 9.83. The van der Waals surface area contributed by atoms with Gasteiger partial charge >= 0.3 is 0 Å². The highest BCUT2D eigenvalue weighted by Crippen LogP contribution is 2.34. The molecule has 0 bridgehead atoms. The van der Waals surface area contributed by atoms with Crippen LogP contribution in [0.2, 0.25) is 5.02 Å². The number of ketones is 1. The van der Waals surface area contributed by atoms with Crippen LogP contribution in [0.4, 0.5) is 0 Å². The highest BCUT2D eigenvalue weighted by atomic mass is 35.5. The number of carbonyl (C=O) groups is 1. The second-order valence-corrected chi connectivity index (χ2v) is 9.35. The molecule has 1 atom stereocenters. The van der Waals surface area contributed by atoms with Gasteiger partial charge in [0.15, 0.2) is 5.78 Å². The number of hydrogen-bond donors (Lipinski definition) is 1. The first-order valence-electron chi connectivity index (χ1n) is 12.0.